The van der Waals surface area contributed by atoms with Gasteiger partial charge in [-0.2, -0.15) is 0 Å². The number of ether oxygens (including phenoxy) is 2. The fourth-order valence-corrected chi connectivity index (χ4v) is 3.84. The lowest BCUT2D eigenvalue weighted by atomic mass is 10.1. The highest BCUT2D eigenvalue weighted by molar-refractivity contribution is 8.18. The molecule has 1 heterocycles. The summed E-state index contributed by atoms with van der Waals surface area (Å²) >= 11 is 7.17. The van der Waals surface area contributed by atoms with Gasteiger partial charge in [0.15, 0.2) is 11.5 Å². The van der Waals surface area contributed by atoms with Gasteiger partial charge in [0.1, 0.15) is 5.82 Å². The Morgan fingerprint density at radius 3 is 2.52 bits per heavy atom. The van der Waals surface area contributed by atoms with Crippen molar-refractivity contribution < 1.29 is 23.5 Å². The van der Waals surface area contributed by atoms with E-state index in [2.05, 4.69) is 0 Å². The maximum atomic E-state index is 13.1. The Bertz CT molecular complexity index is 975. The third-order valence-electron chi connectivity index (χ3n) is 4.03. The van der Waals surface area contributed by atoms with Crippen LogP contribution in [0.15, 0.2) is 41.3 Å². The molecule has 8 heteroatoms. The largest absolute Gasteiger partial charge is 0.493 e. The Hall–Kier alpha value is -2.51. The molecule has 2 amide bonds. The van der Waals surface area contributed by atoms with Crippen LogP contribution in [-0.2, 0) is 11.3 Å². The number of nitrogens with zero attached hydrogens (tertiary/aromatic N) is 1. The Morgan fingerprint density at radius 1 is 1.21 bits per heavy atom. The second-order valence-corrected chi connectivity index (χ2v) is 8.00. The number of methoxy groups -OCH3 is 1. The van der Waals surface area contributed by atoms with Gasteiger partial charge in [0.05, 0.1) is 29.7 Å². The molecule has 0 atom stereocenters. The van der Waals surface area contributed by atoms with Crippen molar-refractivity contribution in [3.05, 3.63) is 63.3 Å². The molecular formula is C21H19ClFNO4S. The van der Waals surface area contributed by atoms with E-state index in [1.165, 1.54) is 19.2 Å². The van der Waals surface area contributed by atoms with Crippen LogP contribution in [0.25, 0.3) is 6.08 Å². The number of imide groups is 1. The van der Waals surface area contributed by atoms with Crippen molar-refractivity contribution in [1.29, 1.82) is 0 Å². The normalized spacial score (nSPS) is 15.5. The summed E-state index contributed by atoms with van der Waals surface area (Å²) in [6, 6.07) is 9.01. The number of halogens is 2. The van der Waals surface area contributed by atoms with Crippen LogP contribution in [0, 0.1) is 5.82 Å². The van der Waals surface area contributed by atoms with Gasteiger partial charge in [-0.25, -0.2) is 4.39 Å². The number of rotatable bonds is 6. The number of carbonyl (C=O) groups is 2. The van der Waals surface area contributed by atoms with Gasteiger partial charge in [-0.3, -0.25) is 14.5 Å². The number of amides is 2. The van der Waals surface area contributed by atoms with Gasteiger partial charge in [0, 0.05) is 0 Å². The maximum absolute atomic E-state index is 13.1. The van der Waals surface area contributed by atoms with Gasteiger partial charge in [-0.15, -0.1) is 0 Å². The SMILES string of the molecule is COc1cc(/C=C2\SC(=O)N(Cc3ccc(F)cc3)C2=O)cc(Cl)c1OC(C)C. The minimum Gasteiger partial charge on any atom is -0.493 e. The van der Waals surface area contributed by atoms with Gasteiger partial charge < -0.3 is 9.47 Å². The maximum Gasteiger partial charge on any atom is 0.293 e. The van der Waals surface area contributed by atoms with Crippen LogP contribution in [0.1, 0.15) is 25.0 Å². The topological polar surface area (TPSA) is 55.8 Å². The molecule has 152 valence electrons. The smallest absolute Gasteiger partial charge is 0.293 e. The molecule has 0 bridgehead atoms. The Morgan fingerprint density at radius 2 is 1.90 bits per heavy atom. The molecule has 0 aromatic heterocycles. The summed E-state index contributed by atoms with van der Waals surface area (Å²) < 4.78 is 24.1. The van der Waals surface area contributed by atoms with E-state index in [9.17, 15) is 14.0 Å². The lowest BCUT2D eigenvalue weighted by Gasteiger charge is -2.15. The van der Waals surface area contributed by atoms with Crippen LogP contribution in [0.4, 0.5) is 9.18 Å². The molecule has 0 aliphatic carbocycles. The van der Waals surface area contributed by atoms with Crippen molar-refractivity contribution >= 4 is 40.6 Å². The summed E-state index contributed by atoms with van der Waals surface area (Å²) in [5, 5.41) is -0.0433. The predicted molar refractivity (Wildman–Crippen MR) is 112 cm³/mol. The van der Waals surface area contributed by atoms with E-state index in [-0.39, 0.29) is 28.6 Å². The van der Waals surface area contributed by atoms with Crippen molar-refractivity contribution in [2.45, 2.75) is 26.5 Å². The van der Waals surface area contributed by atoms with Crippen LogP contribution in [0.2, 0.25) is 5.02 Å². The lowest BCUT2D eigenvalue weighted by molar-refractivity contribution is -0.123. The van der Waals surface area contributed by atoms with E-state index in [1.54, 1.807) is 30.3 Å². The van der Waals surface area contributed by atoms with Crippen LogP contribution in [0.3, 0.4) is 0 Å². The molecule has 3 rings (SSSR count). The van der Waals surface area contributed by atoms with E-state index in [0.717, 1.165) is 16.7 Å². The molecule has 0 radical (unpaired) electrons. The molecule has 1 saturated heterocycles. The van der Waals surface area contributed by atoms with Gasteiger partial charge in [-0.1, -0.05) is 23.7 Å². The van der Waals surface area contributed by atoms with Gasteiger partial charge >= 0.3 is 0 Å². The number of hydrogen-bond donors (Lipinski definition) is 0. The van der Waals surface area contributed by atoms with Crippen molar-refractivity contribution in [3.8, 4) is 11.5 Å². The number of thioether (sulfide) groups is 1. The highest BCUT2D eigenvalue weighted by Crippen LogP contribution is 2.39. The monoisotopic (exact) mass is 435 g/mol. The third kappa shape index (κ3) is 4.92. The first-order valence-electron chi connectivity index (χ1n) is 8.82. The van der Waals surface area contributed by atoms with E-state index in [0.29, 0.717) is 27.6 Å². The fraction of sp³-hybridized carbons (Fsp3) is 0.238. The molecule has 0 saturated carbocycles. The van der Waals surface area contributed by atoms with Gasteiger partial charge in [-0.05, 0) is 67.1 Å². The molecular weight excluding hydrogens is 417 g/mol. The summed E-state index contributed by atoms with van der Waals surface area (Å²) in [5.41, 5.74) is 1.27. The van der Waals surface area contributed by atoms with E-state index >= 15 is 0 Å². The molecule has 0 N–H and O–H groups in total. The Kier molecular flexibility index (Phi) is 6.49. The molecule has 0 unspecified atom stereocenters. The standard InChI is InChI=1S/C21H19ClFNO4S/c1-12(2)28-19-16(22)8-14(9-17(19)27-3)10-18-20(25)24(21(26)29-18)11-13-4-6-15(23)7-5-13/h4-10,12H,11H2,1-3H3/b18-10-. The molecule has 1 aliphatic heterocycles. The van der Waals surface area contributed by atoms with Gasteiger partial charge in [0.2, 0.25) is 0 Å². The summed E-state index contributed by atoms with van der Waals surface area (Å²) in [6.45, 7) is 3.83. The minimum absolute atomic E-state index is 0.0769. The summed E-state index contributed by atoms with van der Waals surface area (Å²) in [5.74, 6) is 0.0640. The Labute approximate surface area is 177 Å². The molecule has 2 aromatic rings. The van der Waals surface area contributed by atoms with Crippen molar-refractivity contribution in [2.24, 2.45) is 0 Å². The predicted octanol–water partition coefficient (Wildman–Crippen LogP) is 5.51. The first kappa shape index (κ1) is 21.2. The molecule has 1 fully saturated rings. The minimum atomic E-state index is -0.415. The molecule has 0 spiro atoms. The average Bonchev–Trinajstić information content (AvgIpc) is 2.92. The van der Waals surface area contributed by atoms with E-state index in [1.807, 2.05) is 13.8 Å². The molecule has 29 heavy (non-hydrogen) atoms. The molecule has 2 aromatic carbocycles. The second kappa shape index (κ2) is 8.88. The van der Waals surface area contributed by atoms with Crippen LogP contribution < -0.4 is 9.47 Å². The molecule has 1 aliphatic rings. The summed E-state index contributed by atoms with van der Waals surface area (Å²) in [4.78, 5) is 26.4. The van der Waals surface area contributed by atoms with Crippen LogP contribution in [-0.4, -0.2) is 29.3 Å². The Balaban J connectivity index is 1.85. The number of benzene rings is 2. The van der Waals surface area contributed by atoms with Gasteiger partial charge in [0.25, 0.3) is 11.1 Å². The second-order valence-electron chi connectivity index (χ2n) is 6.60. The van der Waals surface area contributed by atoms with Crippen molar-refractivity contribution in [2.75, 3.05) is 7.11 Å². The van der Waals surface area contributed by atoms with Crippen LogP contribution >= 0.6 is 23.4 Å². The zero-order valence-corrected chi connectivity index (χ0v) is 17.6. The lowest BCUT2D eigenvalue weighted by Crippen LogP contribution is -2.27. The zero-order chi connectivity index (χ0) is 21.1. The van der Waals surface area contributed by atoms with Crippen molar-refractivity contribution in [1.82, 2.24) is 4.90 Å². The summed E-state index contributed by atoms with van der Waals surface area (Å²) in [7, 11) is 1.50. The number of hydrogen-bond acceptors (Lipinski definition) is 5. The van der Waals surface area contributed by atoms with E-state index < -0.39 is 5.91 Å². The highest BCUT2D eigenvalue weighted by atomic mass is 35.5. The van der Waals surface area contributed by atoms with E-state index in [4.69, 9.17) is 21.1 Å². The zero-order valence-electron chi connectivity index (χ0n) is 16.1. The quantitative estimate of drug-likeness (QED) is 0.560. The first-order valence-corrected chi connectivity index (χ1v) is 10.0. The van der Waals surface area contributed by atoms with Crippen LogP contribution in [0.5, 0.6) is 11.5 Å². The average molecular weight is 436 g/mol. The number of carbonyl (C=O) groups excluding carboxylic acids is 2. The summed E-state index contributed by atoms with van der Waals surface area (Å²) in [6.07, 6.45) is 1.50. The van der Waals surface area contributed by atoms with Crippen molar-refractivity contribution in [3.63, 3.8) is 0 Å². The molecule has 5 nitrogen and oxygen atoms in total. The fourth-order valence-electron chi connectivity index (χ4n) is 2.73. The first-order chi connectivity index (χ1) is 13.8. The highest BCUT2D eigenvalue weighted by Gasteiger charge is 2.35. The third-order valence-corrected chi connectivity index (χ3v) is 5.22.